The number of anilines is 1. The van der Waals surface area contributed by atoms with Crippen LogP contribution in [0.4, 0.5) is 5.69 Å². The predicted octanol–water partition coefficient (Wildman–Crippen LogP) is 3.09. The number of hydrogen-bond donors (Lipinski definition) is 1. The van der Waals surface area contributed by atoms with E-state index in [-0.39, 0.29) is 24.1 Å². The second-order valence-electron chi connectivity index (χ2n) is 6.98. The van der Waals surface area contributed by atoms with E-state index >= 15 is 0 Å². The zero-order chi connectivity index (χ0) is 19.0. The quantitative estimate of drug-likeness (QED) is 0.848. The predicted molar refractivity (Wildman–Crippen MR) is 99.4 cm³/mol. The highest BCUT2D eigenvalue weighted by molar-refractivity contribution is 5.90. The molecule has 0 bridgehead atoms. The van der Waals surface area contributed by atoms with Gasteiger partial charge in [0.2, 0.25) is 0 Å². The molecule has 0 fully saturated rings. The number of carbonyl (C=O) groups excluding carboxylic acids is 1. The van der Waals surface area contributed by atoms with Crippen molar-refractivity contribution in [1.82, 2.24) is 0 Å². The zero-order valence-corrected chi connectivity index (χ0v) is 14.9. The van der Waals surface area contributed by atoms with Crippen LogP contribution in [0, 0.1) is 24.2 Å². The van der Waals surface area contributed by atoms with Gasteiger partial charge in [0.25, 0.3) is 0 Å². The van der Waals surface area contributed by atoms with Gasteiger partial charge in [-0.15, -0.1) is 0 Å². The smallest absolute Gasteiger partial charge is 0.174 e. The highest BCUT2D eigenvalue weighted by Gasteiger charge is 2.38. The van der Waals surface area contributed by atoms with Crippen molar-refractivity contribution in [3.63, 3.8) is 0 Å². The van der Waals surface area contributed by atoms with Gasteiger partial charge >= 0.3 is 0 Å². The number of rotatable bonds is 4. The third-order valence-corrected chi connectivity index (χ3v) is 5.56. The van der Waals surface area contributed by atoms with E-state index in [1.807, 2.05) is 43.3 Å². The number of nitrogens with zero attached hydrogens (tertiary/aromatic N) is 1. The van der Waals surface area contributed by atoms with Gasteiger partial charge in [-0.3, -0.25) is 0 Å². The Morgan fingerprint density at radius 2 is 2.07 bits per heavy atom. The number of benzene rings is 2. The minimum absolute atomic E-state index is 0.0220. The number of fused-ring (bicyclic) bond motifs is 3. The molecule has 2 aromatic carbocycles. The van der Waals surface area contributed by atoms with E-state index in [0.29, 0.717) is 17.2 Å². The van der Waals surface area contributed by atoms with Crippen molar-refractivity contribution in [2.45, 2.75) is 25.3 Å². The Labute approximate surface area is 157 Å². The molecule has 2 aromatic rings. The van der Waals surface area contributed by atoms with Crippen LogP contribution in [-0.4, -0.2) is 12.6 Å². The highest BCUT2D eigenvalue weighted by atomic mass is 16.5. The minimum Gasteiger partial charge on any atom is -0.545 e. The Morgan fingerprint density at radius 1 is 1.30 bits per heavy atom. The molecule has 1 N–H and O–H groups in total. The maximum atomic E-state index is 11.4. The Morgan fingerprint density at radius 3 is 2.78 bits per heavy atom. The number of hydrogen-bond acceptors (Lipinski definition) is 5. The van der Waals surface area contributed by atoms with Gasteiger partial charge in [-0.2, -0.15) is 5.26 Å². The molecule has 0 amide bonds. The van der Waals surface area contributed by atoms with E-state index in [1.54, 1.807) is 6.07 Å². The Balaban J connectivity index is 1.71. The second kappa shape index (κ2) is 6.81. The molecule has 5 heteroatoms. The summed E-state index contributed by atoms with van der Waals surface area (Å²) in [6, 6.07) is 13.3. The van der Waals surface area contributed by atoms with Gasteiger partial charge in [0.1, 0.15) is 11.8 Å². The second-order valence-corrected chi connectivity index (χ2v) is 6.98. The maximum Gasteiger partial charge on any atom is 0.174 e. The minimum atomic E-state index is -1.16. The summed E-state index contributed by atoms with van der Waals surface area (Å²) < 4.78 is 5.34. The maximum absolute atomic E-state index is 11.4. The molecule has 0 saturated heterocycles. The molecule has 136 valence electrons. The molecule has 2 aliphatic rings. The van der Waals surface area contributed by atoms with Gasteiger partial charge in [0.05, 0.1) is 12.0 Å². The van der Waals surface area contributed by atoms with E-state index in [4.69, 9.17) is 10.00 Å². The topological polar surface area (TPSA) is 85.2 Å². The fourth-order valence-corrected chi connectivity index (χ4v) is 4.25. The van der Waals surface area contributed by atoms with Crippen molar-refractivity contribution in [1.29, 1.82) is 5.26 Å². The van der Waals surface area contributed by atoms with Gasteiger partial charge in [-0.25, -0.2) is 0 Å². The largest absolute Gasteiger partial charge is 0.545 e. The lowest BCUT2D eigenvalue weighted by atomic mass is 9.76. The average Bonchev–Trinajstić information content (AvgIpc) is 3.16. The summed E-state index contributed by atoms with van der Waals surface area (Å²) in [5, 5.41) is 23.6. The van der Waals surface area contributed by atoms with Crippen molar-refractivity contribution < 1.29 is 14.6 Å². The molecule has 0 unspecified atom stereocenters. The zero-order valence-electron chi connectivity index (χ0n) is 14.9. The number of carbonyl (C=O) groups is 1. The SMILES string of the molecule is Cc1c(C(=O)[O-])ccc2c1N[C@@H](c1ccc(OCC#N)cc1)[C@@H]1CC=C[C@H]21. The van der Waals surface area contributed by atoms with Crippen LogP contribution in [0.15, 0.2) is 48.6 Å². The normalized spacial score (nSPS) is 22.3. The van der Waals surface area contributed by atoms with Crippen LogP contribution >= 0.6 is 0 Å². The Bertz CT molecular complexity index is 957. The number of nitriles is 1. The summed E-state index contributed by atoms with van der Waals surface area (Å²) in [6.07, 6.45) is 5.39. The summed E-state index contributed by atoms with van der Waals surface area (Å²) in [7, 11) is 0. The summed E-state index contributed by atoms with van der Waals surface area (Å²) in [5.41, 5.74) is 4.08. The van der Waals surface area contributed by atoms with Gasteiger partial charge in [-0.05, 0) is 48.1 Å². The van der Waals surface area contributed by atoms with Gasteiger partial charge in [0, 0.05) is 17.2 Å². The average molecular weight is 359 g/mol. The summed E-state index contributed by atoms with van der Waals surface area (Å²) in [6.45, 7) is 1.85. The van der Waals surface area contributed by atoms with Crippen LogP contribution in [0.25, 0.3) is 0 Å². The third kappa shape index (κ3) is 2.93. The Hall–Kier alpha value is -3.26. The molecular weight excluding hydrogens is 340 g/mol. The standard InChI is InChI=1S/C22H20N2O3/c1-13-16(22(25)26)9-10-19-17-3-2-4-18(17)21(24-20(13)19)14-5-7-15(8-6-14)27-12-11-23/h2-3,5-10,17-18,21,24H,4,12H2,1H3,(H,25,26)/p-1/t17-,18+,21-/m0/s1. The van der Waals surface area contributed by atoms with E-state index in [1.165, 1.54) is 0 Å². The van der Waals surface area contributed by atoms with Crippen molar-refractivity contribution >= 4 is 11.7 Å². The molecular formula is C22H19N2O3-. The number of carboxylic acid groups (broad SMARTS) is 1. The van der Waals surface area contributed by atoms with Crippen LogP contribution in [0.3, 0.4) is 0 Å². The van der Waals surface area contributed by atoms with E-state index < -0.39 is 5.97 Å². The number of allylic oxidation sites excluding steroid dienone is 2. The summed E-state index contributed by atoms with van der Waals surface area (Å²) >= 11 is 0. The summed E-state index contributed by atoms with van der Waals surface area (Å²) in [4.78, 5) is 11.4. The van der Waals surface area contributed by atoms with Crippen molar-refractivity contribution in [3.8, 4) is 11.8 Å². The molecule has 0 aromatic heterocycles. The van der Waals surface area contributed by atoms with Crippen LogP contribution in [0.5, 0.6) is 5.75 Å². The van der Waals surface area contributed by atoms with Crippen molar-refractivity contribution in [2.24, 2.45) is 5.92 Å². The monoisotopic (exact) mass is 359 g/mol. The molecule has 1 aliphatic carbocycles. The van der Waals surface area contributed by atoms with Crippen molar-refractivity contribution in [2.75, 3.05) is 11.9 Å². The van der Waals surface area contributed by atoms with Crippen LogP contribution in [0.1, 0.15) is 45.4 Å². The lowest BCUT2D eigenvalue weighted by Crippen LogP contribution is -2.31. The first-order valence-corrected chi connectivity index (χ1v) is 8.98. The fourth-order valence-electron chi connectivity index (χ4n) is 4.25. The van der Waals surface area contributed by atoms with E-state index in [9.17, 15) is 9.90 Å². The molecule has 1 heterocycles. The van der Waals surface area contributed by atoms with Gasteiger partial charge in [0.15, 0.2) is 6.61 Å². The van der Waals surface area contributed by atoms with E-state index in [0.717, 1.165) is 23.2 Å². The third-order valence-electron chi connectivity index (χ3n) is 5.56. The lowest BCUT2D eigenvalue weighted by molar-refractivity contribution is -0.255. The highest BCUT2D eigenvalue weighted by Crippen LogP contribution is 2.51. The van der Waals surface area contributed by atoms with Crippen LogP contribution in [0.2, 0.25) is 0 Å². The molecule has 5 nitrogen and oxygen atoms in total. The molecule has 0 saturated carbocycles. The Kier molecular flexibility index (Phi) is 4.33. The van der Waals surface area contributed by atoms with Crippen LogP contribution < -0.4 is 15.2 Å². The molecule has 0 radical (unpaired) electrons. The molecule has 4 rings (SSSR count). The van der Waals surface area contributed by atoms with Gasteiger partial charge < -0.3 is 20.0 Å². The first-order chi connectivity index (χ1) is 13.1. The van der Waals surface area contributed by atoms with E-state index in [2.05, 4.69) is 17.5 Å². The molecule has 0 spiro atoms. The fraction of sp³-hybridized carbons (Fsp3) is 0.273. The first-order valence-electron chi connectivity index (χ1n) is 8.98. The summed E-state index contributed by atoms with van der Waals surface area (Å²) in [5.74, 6) is 0.136. The first kappa shape index (κ1) is 17.2. The molecule has 1 aliphatic heterocycles. The number of aromatic carboxylic acids is 1. The van der Waals surface area contributed by atoms with Gasteiger partial charge in [-0.1, -0.05) is 36.4 Å². The number of ether oxygens (including phenoxy) is 1. The molecule has 3 atom stereocenters. The number of carboxylic acids is 1. The van der Waals surface area contributed by atoms with Crippen molar-refractivity contribution in [3.05, 3.63) is 70.8 Å². The number of nitrogens with one attached hydrogen (secondary N) is 1. The van der Waals surface area contributed by atoms with Crippen LogP contribution in [-0.2, 0) is 0 Å². The lowest BCUT2D eigenvalue weighted by Gasteiger charge is -2.39. The molecule has 27 heavy (non-hydrogen) atoms.